The van der Waals surface area contributed by atoms with Crippen LogP contribution in [0.5, 0.6) is 0 Å². The fourth-order valence-electron chi connectivity index (χ4n) is 1.92. The van der Waals surface area contributed by atoms with Crippen LogP contribution in [0.15, 0.2) is 46.9 Å². The van der Waals surface area contributed by atoms with Gasteiger partial charge in [0.05, 0.1) is 5.38 Å². The van der Waals surface area contributed by atoms with Crippen LogP contribution in [0.4, 0.5) is 0 Å². The maximum absolute atomic E-state index is 6.46. The van der Waals surface area contributed by atoms with Crippen LogP contribution >= 0.6 is 39.1 Å². The van der Waals surface area contributed by atoms with Gasteiger partial charge >= 0.3 is 0 Å². The minimum Gasteiger partial charge on any atom is -0.117 e. The molecule has 0 saturated heterocycles. The molecule has 94 valence electrons. The molecule has 0 aliphatic carbocycles. The third-order valence-electron chi connectivity index (χ3n) is 2.74. The first kappa shape index (κ1) is 13.9. The van der Waals surface area contributed by atoms with E-state index in [4.69, 9.17) is 23.2 Å². The Morgan fingerprint density at radius 3 is 2.61 bits per heavy atom. The van der Waals surface area contributed by atoms with Crippen molar-refractivity contribution >= 4 is 39.1 Å². The molecule has 2 aromatic rings. The fourth-order valence-corrected chi connectivity index (χ4v) is 3.11. The van der Waals surface area contributed by atoms with Crippen molar-refractivity contribution in [3.8, 4) is 0 Å². The Kier molecular flexibility index (Phi) is 4.71. The van der Waals surface area contributed by atoms with Gasteiger partial charge in [-0.15, -0.1) is 11.6 Å². The molecule has 0 N–H and O–H groups in total. The highest BCUT2D eigenvalue weighted by Crippen LogP contribution is 2.30. The minimum atomic E-state index is -0.0678. The lowest BCUT2D eigenvalue weighted by atomic mass is 10.0. The molecule has 0 nitrogen and oxygen atoms in total. The van der Waals surface area contributed by atoms with E-state index in [1.807, 2.05) is 18.2 Å². The Hall–Kier alpha value is -0.500. The highest BCUT2D eigenvalue weighted by Gasteiger charge is 2.10. The average molecular weight is 344 g/mol. The highest BCUT2D eigenvalue weighted by molar-refractivity contribution is 9.10. The van der Waals surface area contributed by atoms with Crippen LogP contribution in [0, 0.1) is 6.92 Å². The summed E-state index contributed by atoms with van der Waals surface area (Å²) in [5.41, 5.74) is 3.53. The van der Waals surface area contributed by atoms with E-state index in [2.05, 4.69) is 47.1 Å². The van der Waals surface area contributed by atoms with E-state index in [0.717, 1.165) is 16.5 Å². The third-order valence-corrected chi connectivity index (χ3v) is 3.83. The number of hydrogen-bond donors (Lipinski definition) is 0. The summed E-state index contributed by atoms with van der Waals surface area (Å²) in [5.74, 6) is 0. The minimum absolute atomic E-state index is 0.0678. The van der Waals surface area contributed by atoms with Crippen molar-refractivity contribution in [2.75, 3.05) is 0 Å². The normalized spacial score (nSPS) is 12.4. The molecule has 0 saturated carbocycles. The van der Waals surface area contributed by atoms with E-state index in [1.165, 1.54) is 11.1 Å². The van der Waals surface area contributed by atoms with E-state index in [1.54, 1.807) is 0 Å². The van der Waals surface area contributed by atoms with Crippen LogP contribution in [0.2, 0.25) is 5.02 Å². The summed E-state index contributed by atoms with van der Waals surface area (Å²) < 4.78 is 0.958. The Morgan fingerprint density at radius 1 is 1.17 bits per heavy atom. The van der Waals surface area contributed by atoms with Gasteiger partial charge in [0, 0.05) is 9.50 Å². The third kappa shape index (κ3) is 3.74. The first-order valence-electron chi connectivity index (χ1n) is 5.70. The van der Waals surface area contributed by atoms with Crippen molar-refractivity contribution in [2.24, 2.45) is 0 Å². The fraction of sp³-hybridized carbons (Fsp3) is 0.200. The van der Waals surface area contributed by atoms with E-state index in [0.29, 0.717) is 5.02 Å². The molecule has 0 bridgehead atoms. The Bertz CT molecular complexity index is 532. The van der Waals surface area contributed by atoms with Gasteiger partial charge in [-0.3, -0.25) is 0 Å². The predicted molar refractivity (Wildman–Crippen MR) is 82.6 cm³/mol. The molecule has 0 aliphatic rings. The first-order chi connectivity index (χ1) is 8.54. The van der Waals surface area contributed by atoms with Crippen molar-refractivity contribution in [3.05, 3.63) is 68.7 Å². The van der Waals surface area contributed by atoms with Gasteiger partial charge in [-0.05, 0) is 42.7 Å². The number of hydrogen-bond acceptors (Lipinski definition) is 0. The second-order valence-electron chi connectivity index (χ2n) is 4.36. The first-order valence-corrected chi connectivity index (χ1v) is 7.31. The second-order valence-corrected chi connectivity index (χ2v) is 6.24. The van der Waals surface area contributed by atoms with Crippen molar-refractivity contribution in [1.82, 2.24) is 0 Å². The van der Waals surface area contributed by atoms with Gasteiger partial charge in [0.15, 0.2) is 0 Å². The molecule has 0 radical (unpaired) electrons. The summed E-state index contributed by atoms with van der Waals surface area (Å²) in [5, 5.41) is 0.635. The molecule has 0 aliphatic heterocycles. The molecule has 0 aromatic heterocycles. The number of alkyl halides is 1. The lowest BCUT2D eigenvalue weighted by molar-refractivity contribution is 0.917. The summed E-state index contributed by atoms with van der Waals surface area (Å²) >= 11 is 15.9. The molecule has 2 rings (SSSR count). The van der Waals surface area contributed by atoms with Crippen molar-refractivity contribution in [1.29, 1.82) is 0 Å². The number of benzene rings is 2. The van der Waals surface area contributed by atoms with Crippen LogP contribution in [-0.4, -0.2) is 0 Å². The van der Waals surface area contributed by atoms with Gasteiger partial charge in [0.25, 0.3) is 0 Å². The molecule has 0 amide bonds. The molecule has 1 unspecified atom stereocenters. The van der Waals surface area contributed by atoms with Gasteiger partial charge in [-0.25, -0.2) is 0 Å². The Labute approximate surface area is 126 Å². The molecular formula is C15H13BrCl2. The summed E-state index contributed by atoms with van der Waals surface area (Å²) in [4.78, 5) is 0. The molecule has 0 fully saturated rings. The zero-order valence-electron chi connectivity index (χ0n) is 9.96. The van der Waals surface area contributed by atoms with Crippen molar-refractivity contribution in [2.45, 2.75) is 18.7 Å². The summed E-state index contributed by atoms with van der Waals surface area (Å²) in [6, 6.07) is 14.2. The van der Waals surface area contributed by atoms with Crippen LogP contribution in [0.1, 0.15) is 22.1 Å². The maximum atomic E-state index is 6.46. The average Bonchev–Trinajstić information content (AvgIpc) is 2.27. The molecular weight excluding hydrogens is 331 g/mol. The van der Waals surface area contributed by atoms with E-state index >= 15 is 0 Å². The van der Waals surface area contributed by atoms with Gasteiger partial charge in [-0.1, -0.05) is 57.4 Å². The van der Waals surface area contributed by atoms with Crippen LogP contribution < -0.4 is 0 Å². The maximum Gasteiger partial charge on any atom is 0.0626 e. The molecule has 2 aromatic carbocycles. The smallest absolute Gasteiger partial charge is 0.0626 e. The molecule has 0 spiro atoms. The standard InChI is InChI=1S/C15H13BrCl2/c1-10-3-2-4-11(5-10)6-15(18)12-7-13(16)9-14(17)8-12/h2-5,7-9,15H,6H2,1H3. The van der Waals surface area contributed by atoms with Crippen molar-refractivity contribution in [3.63, 3.8) is 0 Å². The topological polar surface area (TPSA) is 0 Å². The number of aryl methyl sites for hydroxylation is 1. The molecule has 3 heteroatoms. The lowest BCUT2D eigenvalue weighted by Gasteiger charge is -2.11. The van der Waals surface area contributed by atoms with Crippen LogP contribution in [0.25, 0.3) is 0 Å². The highest BCUT2D eigenvalue weighted by atomic mass is 79.9. The number of halogens is 3. The summed E-state index contributed by atoms with van der Waals surface area (Å²) in [6.45, 7) is 2.09. The Balaban J connectivity index is 2.19. The van der Waals surface area contributed by atoms with E-state index < -0.39 is 0 Å². The monoisotopic (exact) mass is 342 g/mol. The van der Waals surface area contributed by atoms with Gasteiger partial charge < -0.3 is 0 Å². The van der Waals surface area contributed by atoms with Crippen molar-refractivity contribution < 1.29 is 0 Å². The quantitative estimate of drug-likeness (QED) is 0.605. The zero-order valence-corrected chi connectivity index (χ0v) is 13.1. The van der Waals surface area contributed by atoms with E-state index in [9.17, 15) is 0 Å². The van der Waals surface area contributed by atoms with Gasteiger partial charge in [-0.2, -0.15) is 0 Å². The Morgan fingerprint density at radius 2 is 1.94 bits per heavy atom. The van der Waals surface area contributed by atoms with Crippen LogP contribution in [-0.2, 0) is 6.42 Å². The molecule has 0 heterocycles. The summed E-state index contributed by atoms with van der Waals surface area (Å²) in [7, 11) is 0. The van der Waals surface area contributed by atoms with E-state index in [-0.39, 0.29) is 5.38 Å². The zero-order chi connectivity index (χ0) is 13.1. The van der Waals surface area contributed by atoms with Gasteiger partial charge in [0.2, 0.25) is 0 Å². The SMILES string of the molecule is Cc1cccc(CC(Cl)c2cc(Cl)cc(Br)c2)c1. The largest absolute Gasteiger partial charge is 0.117 e. The lowest BCUT2D eigenvalue weighted by Crippen LogP contribution is -1.96. The molecule has 18 heavy (non-hydrogen) atoms. The van der Waals surface area contributed by atoms with Crippen LogP contribution in [0.3, 0.4) is 0 Å². The summed E-state index contributed by atoms with van der Waals surface area (Å²) in [6.07, 6.45) is 0.802. The predicted octanol–water partition coefficient (Wildman–Crippen LogP) is 5.93. The molecule has 1 atom stereocenters. The van der Waals surface area contributed by atoms with Gasteiger partial charge in [0.1, 0.15) is 0 Å². The second kappa shape index (κ2) is 6.10. The number of rotatable bonds is 3.